The Bertz CT molecular complexity index is 629. The molecule has 2 aromatic rings. The first-order valence-electron chi connectivity index (χ1n) is 6.92. The molecule has 1 atom stereocenters. The van der Waals surface area contributed by atoms with Crippen molar-refractivity contribution in [1.29, 1.82) is 0 Å². The van der Waals surface area contributed by atoms with Gasteiger partial charge in [0.05, 0.1) is 17.4 Å². The molecule has 3 nitrogen and oxygen atoms in total. The van der Waals surface area contributed by atoms with E-state index in [9.17, 15) is 13.2 Å². The third-order valence-corrected chi connectivity index (χ3v) is 3.97. The highest BCUT2D eigenvalue weighted by molar-refractivity contribution is 5.39. The van der Waals surface area contributed by atoms with Crippen molar-refractivity contribution in [2.45, 2.75) is 31.5 Å². The fourth-order valence-corrected chi connectivity index (χ4v) is 2.87. The lowest BCUT2D eigenvalue weighted by atomic mass is 9.93. The Morgan fingerprint density at radius 2 is 1.95 bits per heavy atom. The second kappa shape index (κ2) is 5.18. The largest absolute Gasteiger partial charge is 0.416 e. The number of fused-ring (bicyclic) bond motifs is 1. The number of benzene rings is 1. The average molecular weight is 295 g/mol. The van der Waals surface area contributed by atoms with Crippen molar-refractivity contribution in [3.05, 3.63) is 47.3 Å². The summed E-state index contributed by atoms with van der Waals surface area (Å²) in [6.45, 7) is 0. The van der Waals surface area contributed by atoms with E-state index >= 15 is 0 Å². The first-order valence-corrected chi connectivity index (χ1v) is 6.92. The van der Waals surface area contributed by atoms with Crippen LogP contribution in [0.1, 0.15) is 35.7 Å². The number of rotatable bonds is 2. The van der Waals surface area contributed by atoms with Crippen LogP contribution in [0, 0.1) is 0 Å². The fourth-order valence-electron chi connectivity index (χ4n) is 2.87. The molecule has 1 aliphatic carbocycles. The van der Waals surface area contributed by atoms with Gasteiger partial charge in [-0.15, -0.1) is 0 Å². The number of halogens is 3. The zero-order valence-corrected chi connectivity index (χ0v) is 11.6. The molecule has 112 valence electrons. The molecule has 0 saturated carbocycles. The second-order valence-corrected chi connectivity index (χ2v) is 5.24. The summed E-state index contributed by atoms with van der Waals surface area (Å²) in [5.41, 5.74) is 2.25. The summed E-state index contributed by atoms with van der Waals surface area (Å²) >= 11 is 0. The lowest BCUT2D eigenvalue weighted by Gasteiger charge is -2.22. The Balaban J connectivity index is 1.97. The molecule has 0 fully saturated rings. The van der Waals surface area contributed by atoms with Crippen LogP contribution in [0.3, 0.4) is 0 Å². The minimum atomic E-state index is -4.31. The predicted molar refractivity (Wildman–Crippen MR) is 73.3 cm³/mol. The Labute approximate surface area is 120 Å². The molecule has 0 aliphatic heterocycles. The maximum atomic E-state index is 12.6. The van der Waals surface area contributed by atoms with Gasteiger partial charge >= 0.3 is 6.18 Å². The molecule has 0 amide bonds. The molecule has 3 rings (SSSR count). The molecule has 0 bridgehead atoms. The molecule has 1 aliphatic rings. The van der Waals surface area contributed by atoms with Gasteiger partial charge in [-0.25, -0.2) is 4.68 Å². The maximum Gasteiger partial charge on any atom is 0.416 e. The summed E-state index contributed by atoms with van der Waals surface area (Å²) in [6, 6.07) is 5.42. The lowest BCUT2D eigenvalue weighted by Crippen LogP contribution is -2.21. The van der Waals surface area contributed by atoms with Crippen LogP contribution in [0.25, 0.3) is 5.69 Å². The molecule has 0 saturated heterocycles. The molecular weight excluding hydrogens is 279 g/mol. The van der Waals surface area contributed by atoms with Gasteiger partial charge in [0, 0.05) is 17.3 Å². The first-order chi connectivity index (χ1) is 10.0. The van der Waals surface area contributed by atoms with Crippen molar-refractivity contribution in [3.8, 4) is 5.69 Å². The molecule has 6 heteroatoms. The molecule has 1 heterocycles. The van der Waals surface area contributed by atoms with Crippen molar-refractivity contribution in [1.82, 2.24) is 15.1 Å². The summed E-state index contributed by atoms with van der Waals surface area (Å²) < 4.78 is 39.6. The number of alkyl halides is 3. The van der Waals surface area contributed by atoms with Crippen LogP contribution < -0.4 is 5.32 Å². The Morgan fingerprint density at radius 3 is 2.57 bits per heavy atom. The first kappa shape index (κ1) is 14.1. The van der Waals surface area contributed by atoms with Gasteiger partial charge in [0.25, 0.3) is 0 Å². The standard InChI is InChI=1S/C15H16F3N3/c1-19-13-3-2-4-14-12(13)9-20-21(14)11-7-5-10(6-8-11)15(16,17)18/h5-9,13,19H,2-4H2,1H3. The molecule has 1 aromatic carbocycles. The predicted octanol–water partition coefficient (Wildman–Crippen LogP) is 3.49. The van der Waals surface area contributed by atoms with Crippen molar-refractivity contribution in [2.75, 3.05) is 7.05 Å². The average Bonchev–Trinajstić information content (AvgIpc) is 2.90. The molecule has 0 spiro atoms. The van der Waals surface area contributed by atoms with Crippen LogP contribution >= 0.6 is 0 Å². The summed E-state index contributed by atoms with van der Waals surface area (Å²) in [5.74, 6) is 0. The smallest absolute Gasteiger partial charge is 0.313 e. The van der Waals surface area contributed by atoms with Gasteiger partial charge < -0.3 is 5.32 Å². The number of aromatic nitrogens is 2. The Hall–Kier alpha value is -1.82. The summed E-state index contributed by atoms with van der Waals surface area (Å²) in [6.07, 6.45) is 0.508. The van der Waals surface area contributed by atoms with E-state index in [2.05, 4.69) is 10.4 Å². The van der Waals surface area contributed by atoms with Crippen LogP contribution in [-0.4, -0.2) is 16.8 Å². The zero-order valence-electron chi connectivity index (χ0n) is 11.6. The van der Waals surface area contributed by atoms with Crippen molar-refractivity contribution >= 4 is 0 Å². The molecule has 21 heavy (non-hydrogen) atoms. The van der Waals surface area contributed by atoms with Gasteiger partial charge in [-0.2, -0.15) is 18.3 Å². The molecular formula is C15H16F3N3. The third kappa shape index (κ3) is 2.55. The summed E-state index contributed by atoms with van der Waals surface area (Å²) in [7, 11) is 1.91. The second-order valence-electron chi connectivity index (χ2n) is 5.24. The van der Waals surface area contributed by atoms with E-state index in [4.69, 9.17) is 0 Å². The SMILES string of the molecule is CNC1CCCc2c1cnn2-c1ccc(C(F)(F)F)cc1. The number of nitrogens with one attached hydrogen (secondary N) is 1. The molecule has 1 N–H and O–H groups in total. The number of nitrogens with zero attached hydrogens (tertiary/aromatic N) is 2. The van der Waals surface area contributed by atoms with Crippen LogP contribution in [0.5, 0.6) is 0 Å². The van der Waals surface area contributed by atoms with Gasteiger partial charge in [0.15, 0.2) is 0 Å². The number of hydrogen-bond acceptors (Lipinski definition) is 2. The van der Waals surface area contributed by atoms with E-state index in [0.29, 0.717) is 5.69 Å². The lowest BCUT2D eigenvalue weighted by molar-refractivity contribution is -0.137. The fraction of sp³-hybridized carbons (Fsp3) is 0.400. The Kier molecular flexibility index (Phi) is 3.49. The highest BCUT2D eigenvalue weighted by Gasteiger charge is 2.30. The van der Waals surface area contributed by atoms with Crippen LogP contribution in [0.4, 0.5) is 13.2 Å². The molecule has 0 radical (unpaired) electrons. The Morgan fingerprint density at radius 1 is 1.24 bits per heavy atom. The topological polar surface area (TPSA) is 29.9 Å². The van der Waals surface area contributed by atoms with Gasteiger partial charge in [-0.1, -0.05) is 0 Å². The normalized spacial score (nSPS) is 18.6. The number of hydrogen-bond donors (Lipinski definition) is 1. The highest BCUT2D eigenvalue weighted by atomic mass is 19.4. The molecule has 1 unspecified atom stereocenters. The quantitative estimate of drug-likeness (QED) is 0.919. The van der Waals surface area contributed by atoms with Gasteiger partial charge in [-0.05, 0) is 50.6 Å². The van der Waals surface area contributed by atoms with Crippen LogP contribution in [0.15, 0.2) is 30.5 Å². The minimum absolute atomic E-state index is 0.275. The minimum Gasteiger partial charge on any atom is -0.313 e. The zero-order chi connectivity index (χ0) is 15.0. The third-order valence-electron chi connectivity index (χ3n) is 3.97. The monoisotopic (exact) mass is 295 g/mol. The van der Waals surface area contributed by atoms with E-state index in [1.807, 2.05) is 13.2 Å². The van der Waals surface area contributed by atoms with Crippen molar-refractivity contribution in [2.24, 2.45) is 0 Å². The van der Waals surface area contributed by atoms with E-state index in [0.717, 1.165) is 42.7 Å². The molecule has 1 aromatic heterocycles. The van der Waals surface area contributed by atoms with Gasteiger partial charge in [0.1, 0.15) is 0 Å². The van der Waals surface area contributed by atoms with E-state index in [1.165, 1.54) is 12.1 Å². The van der Waals surface area contributed by atoms with Crippen LogP contribution in [-0.2, 0) is 12.6 Å². The highest BCUT2D eigenvalue weighted by Crippen LogP contribution is 2.32. The van der Waals surface area contributed by atoms with E-state index in [-0.39, 0.29) is 6.04 Å². The summed E-state index contributed by atoms with van der Waals surface area (Å²) in [5, 5.41) is 7.61. The maximum absolute atomic E-state index is 12.6. The van der Waals surface area contributed by atoms with E-state index in [1.54, 1.807) is 4.68 Å². The van der Waals surface area contributed by atoms with E-state index < -0.39 is 11.7 Å². The van der Waals surface area contributed by atoms with Crippen molar-refractivity contribution < 1.29 is 13.2 Å². The van der Waals surface area contributed by atoms with Gasteiger partial charge in [0.2, 0.25) is 0 Å². The van der Waals surface area contributed by atoms with Crippen LogP contribution in [0.2, 0.25) is 0 Å². The summed E-state index contributed by atoms with van der Waals surface area (Å²) in [4.78, 5) is 0. The van der Waals surface area contributed by atoms with Gasteiger partial charge in [-0.3, -0.25) is 0 Å². The van der Waals surface area contributed by atoms with Crippen molar-refractivity contribution in [3.63, 3.8) is 0 Å².